The Labute approximate surface area is 82.4 Å². The van der Waals surface area contributed by atoms with E-state index >= 15 is 0 Å². The Morgan fingerprint density at radius 3 is 2.79 bits per heavy atom. The number of nitrogens with one attached hydrogen (secondary N) is 1. The summed E-state index contributed by atoms with van der Waals surface area (Å²) in [5.74, 6) is -1.31. The monoisotopic (exact) mass is 201 g/mol. The molecule has 1 amide bonds. The second-order valence-corrected chi connectivity index (χ2v) is 3.31. The molecule has 1 heterocycles. The number of carbonyl (C=O) groups is 2. The highest BCUT2D eigenvalue weighted by molar-refractivity contribution is 5.86. The van der Waals surface area contributed by atoms with Crippen molar-refractivity contribution in [1.29, 1.82) is 0 Å². The molecule has 0 saturated carbocycles. The minimum absolute atomic E-state index is 0.309. The zero-order valence-corrected chi connectivity index (χ0v) is 8.16. The second-order valence-electron chi connectivity index (χ2n) is 3.31. The summed E-state index contributed by atoms with van der Waals surface area (Å²) in [6.07, 6.45) is 1.47. The van der Waals surface area contributed by atoms with Crippen LogP contribution in [0.3, 0.4) is 0 Å². The van der Waals surface area contributed by atoms with Crippen LogP contribution in [0.15, 0.2) is 0 Å². The summed E-state index contributed by atoms with van der Waals surface area (Å²) in [6, 6.07) is -0.799. The number of hydrogen-bond donors (Lipinski definition) is 2. The van der Waals surface area contributed by atoms with Gasteiger partial charge in [0.15, 0.2) is 0 Å². The Morgan fingerprint density at radius 2 is 2.36 bits per heavy atom. The summed E-state index contributed by atoms with van der Waals surface area (Å²) in [5.41, 5.74) is 0. The van der Waals surface area contributed by atoms with Gasteiger partial charge in [-0.25, -0.2) is 4.79 Å². The van der Waals surface area contributed by atoms with E-state index in [4.69, 9.17) is 9.84 Å². The molecule has 0 spiro atoms. The molecular formula is C9H15NO4. The fraction of sp³-hybridized carbons (Fsp3) is 0.778. The third-order valence-corrected chi connectivity index (χ3v) is 2.24. The number of ether oxygens (including phenoxy) is 1. The van der Waals surface area contributed by atoms with E-state index in [1.807, 2.05) is 0 Å². The van der Waals surface area contributed by atoms with Crippen LogP contribution in [-0.2, 0) is 14.3 Å². The lowest BCUT2D eigenvalue weighted by atomic mass is 10.2. The van der Waals surface area contributed by atoms with Gasteiger partial charge in [-0.2, -0.15) is 0 Å². The molecule has 0 aliphatic carbocycles. The Hall–Kier alpha value is -1.10. The van der Waals surface area contributed by atoms with Gasteiger partial charge in [-0.1, -0.05) is 6.92 Å². The fourth-order valence-corrected chi connectivity index (χ4v) is 1.39. The van der Waals surface area contributed by atoms with E-state index < -0.39 is 18.1 Å². The topological polar surface area (TPSA) is 75.6 Å². The standard InChI is InChI=1S/C9H15NO4/c1-2-6(9(12)13)10-8(11)7-4-3-5-14-7/h6-7H,2-5H2,1H3,(H,10,11)(H,12,13)/t6-,7+/m1/s1. The lowest BCUT2D eigenvalue weighted by molar-refractivity contribution is -0.143. The molecule has 0 aromatic rings. The zero-order chi connectivity index (χ0) is 10.6. The van der Waals surface area contributed by atoms with E-state index in [1.54, 1.807) is 6.92 Å². The molecule has 0 radical (unpaired) electrons. The number of hydrogen-bond acceptors (Lipinski definition) is 3. The first kappa shape index (κ1) is 11.0. The molecule has 0 aromatic heterocycles. The van der Waals surface area contributed by atoms with Crippen molar-refractivity contribution in [3.05, 3.63) is 0 Å². The van der Waals surface area contributed by atoms with Gasteiger partial charge in [0.05, 0.1) is 0 Å². The summed E-state index contributed by atoms with van der Waals surface area (Å²) in [6.45, 7) is 2.30. The number of rotatable bonds is 4. The number of carboxylic acid groups (broad SMARTS) is 1. The van der Waals surface area contributed by atoms with Gasteiger partial charge in [-0.15, -0.1) is 0 Å². The van der Waals surface area contributed by atoms with E-state index in [0.717, 1.165) is 6.42 Å². The average Bonchev–Trinajstić information content (AvgIpc) is 2.65. The number of carboxylic acids is 1. The highest BCUT2D eigenvalue weighted by Gasteiger charge is 2.27. The van der Waals surface area contributed by atoms with Gasteiger partial charge in [0.25, 0.3) is 0 Å². The number of amides is 1. The molecule has 0 aromatic carbocycles. The Bertz CT molecular complexity index is 223. The van der Waals surface area contributed by atoms with E-state index in [2.05, 4.69) is 5.32 Å². The maximum Gasteiger partial charge on any atom is 0.326 e. The van der Waals surface area contributed by atoms with Crippen molar-refractivity contribution in [1.82, 2.24) is 5.32 Å². The molecule has 1 aliphatic rings. The van der Waals surface area contributed by atoms with Crippen LogP contribution < -0.4 is 5.32 Å². The van der Waals surface area contributed by atoms with E-state index in [1.165, 1.54) is 0 Å². The van der Waals surface area contributed by atoms with Gasteiger partial charge in [-0.05, 0) is 19.3 Å². The molecule has 5 heteroatoms. The summed E-state index contributed by atoms with van der Waals surface area (Å²) in [4.78, 5) is 22.0. The molecule has 2 atom stereocenters. The predicted molar refractivity (Wildman–Crippen MR) is 48.8 cm³/mol. The van der Waals surface area contributed by atoms with Crippen LogP contribution in [-0.4, -0.2) is 35.7 Å². The summed E-state index contributed by atoms with van der Waals surface area (Å²) in [5, 5.41) is 11.2. The Kier molecular flexibility index (Phi) is 3.88. The highest BCUT2D eigenvalue weighted by atomic mass is 16.5. The maximum atomic E-state index is 11.4. The lowest BCUT2D eigenvalue weighted by Gasteiger charge is -2.15. The second kappa shape index (κ2) is 4.95. The molecule has 1 saturated heterocycles. The smallest absolute Gasteiger partial charge is 0.326 e. The van der Waals surface area contributed by atoms with Crippen LogP contribution in [0.1, 0.15) is 26.2 Å². The number of aliphatic carboxylic acids is 1. The lowest BCUT2D eigenvalue weighted by Crippen LogP contribution is -2.44. The molecule has 1 rings (SSSR count). The van der Waals surface area contributed by atoms with Gasteiger partial charge in [-0.3, -0.25) is 4.79 Å². The van der Waals surface area contributed by atoms with Gasteiger partial charge in [0.2, 0.25) is 5.91 Å². The van der Waals surface area contributed by atoms with Crippen LogP contribution in [0.25, 0.3) is 0 Å². The largest absolute Gasteiger partial charge is 0.480 e. The normalized spacial score (nSPS) is 23.1. The first-order valence-electron chi connectivity index (χ1n) is 4.80. The van der Waals surface area contributed by atoms with Gasteiger partial charge >= 0.3 is 5.97 Å². The van der Waals surface area contributed by atoms with Crippen LogP contribution >= 0.6 is 0 Å². The molecule has 1 fully saturated rings. The first-order valence-corrected chi connectivity index (χ1v) is 4.80. The van der Waals surface area contributed by atoms with Crippen LogP contribution in [0, 0.1) is 0 Å². The van der Waals surface area contributed by atoms with Crippen molar-refractivity contribution in [3.8, 4) is 0 Å². The minimum Gasteiger partial charge on any atom is -0.480 e. The number of carbonyl (C=O) groups excluding carboxylic acids is 1. The first-order chi connectivity index (χ1) is 6.65. The van der Waals surface area contributed by atoms with Crippen molar-refractivity contribution in [2.24, 2.45) is 0 Å². The molecule has 0 unspecified atom stereocenters. The van der Waals surface area contributed by atoms with Gasteiger partial charge in [0.1, 0.15) is 12.1 Å². The van der Waals surface area contributed by atoms with Crippen molar-refractivity contribution in [2.45, 2.75) is 38.3 Å². The minimum atomic E-state index is -1.00. The van der Waals surface area contributed by atoms with Crippen LogP contribution in [0.5, 0.6) is 0 Å². The van der Waals surface area contributed by atoms with Crippen molar-refractivity contribution >= 4 is 11.9 Å². The van der Waals surface area contributed by atoms with Crippen molar-refractivity contribution in [3.63, 3.8) is 0 Å². The van der Waals surface area contributed by atoms with E-state index in [0.29, 0.717) is 19.4 Å². The summed E-state index contributed by atoms with van der Waals surface area (Å²) in [7, 11) is 0. The molecular weight excluding hydrogens is 186 g/mol. The maximum absolute atomic E-state index is 11.4. The van der Waals surface area contributed by atoms with Gasteiger partial charge in [0, 0.05) is 6.61 Å². The third kappa shape index (κ3) is 2.70. The van der Waals surface area contributed by atoms with Crippen molar-refractivity contribution < 1.29 is 19.4 Å². The fourth-order valence-electron chi connectivity index (χ4n) is 1.39. The van der Waals surface area contributed by atoms with Crippen LogP contribution in [0.4, 0.5) is 0 Å². The third-order valence-electron chi connectivity index (χ3n) is 2.24. The molecule has 5 nitrogen and oxygen atoms in total. The van der Waals surface area contributed by atoms with Crippen molar-refractivity contribution in [2.75, 3.05) is 6.61 Å². The Morgan fingerprint density at radius 1 is 1.64 bits per heavy atom. The molecule has 80 valence electrons. The predicted octanol–water partition coefficient (Wildman–Crippen LogP) is 0.145. The van der Waals surface area contributed by atoms with Gasteiger partial charge < -0.3 is 15.2 Å². The molecule has 14 heavy (non-hydrogen) atoms. The Balaban J connectivity index is 2.41. The molecule has 2 N–H and O–H groups in total. The highest BCUT2D eigenvalue weighted by Crippen LogP contribution is 2.12. The average molecular weight is 201 g/mol. The van der Waals surface area contributed by atoms with E-state index in [9.17, 15) is 9.59 Å². The molecule has 1 aliphatic heterocycles. The van der Waals surface area contributed by atoms with E-state index in [-0.39, 0.29) is 5.91 Å². The summed E-state index contributed by atoms with van der Waals surface area (Å²) < 4.78 is 5.13. The quantitative estimate of drug-likeness (QED) is 0.678. The molecule has 0 bridgehead atoms. The summed E-state index contributed by atoms with van der Waals surface area (Å²) >= 11 is 0. The SMILES string of the molecule is CC[C@@H](NC(=O)[C@@H]1CCCO1)C(=O)O. The van der Waals surface area contributed by atoms with Crippen LogP contribution in [0.2, 0.25) is 0 Å². The zero-order valence-electron chi connectivity index (χ0n) is 8.16.